The van der Waals surface area contributed by atoms with Gasteiger partial charge >= 0.3 is 6.09 Å². The molecule has 3 heterocycles. The number of piperidine rings is 1. The van der Waals surface area contributed by atoms with E-state index >= 15 is 0 Å². The summed E-state index contributed by atoms with van der Waals surface area (Å²) in [5.41, 5.74) is 4.50. The lowest BCUT2D eigenvalue weighted by Gasteiger charge is -2.37. The topological polar surface area (TPSA) is 116 Å². The van der Waals surface area contributed by atoms with Crippen molar-refractivity contribution in [3.63, 3.8) is 0 Å². The molecule has 0 aromatic carbocycles. The first-order valence-electron chi connectivity index (χ1n) is 9.33. The monoisotopic (exact) mass is 387 g/mol. The highest BCUT2D eigenvalue weighted by Gasteiger charge is 2.27. The summed E-state index contributed by atoms with van der Waals surface area (Å²) >= 11 is 0. The summed E-state index contributed by atoms with van der Waals surface area (Å²) in [5.74, 6) is 3.50. The van der Waals surface area contributed by atoms with E-state index in [1.54, 1.807) is 0 Å². The van der Waals surface area contributed by atoms with Crippen LogP contribution < -0.4 is 5.90 Å². The number of hydrogen-bond donors (Lipinski definition) is 3. The third kappa shape index (κ3) is 5.72. The molecule has 0 radical (unpaired) electrons. The van der Waals surface area contributed by atoms with Gasteiger partial charge in [-0.25, -0.2) is 10.7 Å². The molecule has 28 heavy (non-hydrogen) atoms. The normalized spacial score (nSPS) is 14.5. The number of aromatic nitrogens is 2. The average Bonchev–Trinajstić information content (AvgIpc) is 2.72. The van der Waals surface area contributed by atoms with Gasteiger partial charge in [0, 0.05) is 44.6 Å². The molecule has 4 N–H and O–H groups in total. The molecule has 0 bridgehead atoms. The first-order valence-corrected chi connectivity index (χ1v) is 9.33. The Kier molecular flexibility index (Phi) is 8.31. The second-order valence-corrected chi connectivity index (χ2v) is 6.94. The molecule has 2 aromatic rings. The summed E-state index contributed by atoms with van der Waals surface area (Å²) in [7, 11) is 0. The standard InChI is InChI=1S/C20H26N4O2.H3NO/c1-15-5-3-9-21-18(15)13-24(14-19-16(2)6-4-10-22-19)17-7-11-23(12-8-17)20(25)26;1-2/h3-6,9-10,17H,7-8,11-14H2,1-2H3,(H,25,26);2H,1H2. The highest BCUT2D eigenvalue weighted by atomic mass is 16.4. The predicted molar refractivity (Wildman–Crippen MR) is 106 cm³/mol. The molecular weight excluding hydrogens is 358 g/mol. The van der Waals surface area contributed by atoms with Gasteiger partial charge in [-0.3, -0.25) is 14.9 Å². The Labute approximate surface area is 165 Å². The minimum absolute atomic E-state index is 0.327. The van der Waals surface area contributed by atoms with E-state index in [0.717, 1.165) is 37.3 Å². The van der Waals surface area contributed by atoms with Gasteiger partial charge in [0.25, 0.3) is 0 Å². The zero-order chi connectivity index (χ0) is 20.5. The summed E-state index contributed by atoms with van der Waals surface area (Å²) in [6, 6.07) is 8.40. The summed E-state index contributed by atoms with van der Waals surface area (Å²) in [5, 5.41) is 15.7. The van der Waals surface area contributed by atoms with E-state index in [0.29, 0.717) is 19.1 Å². The fourth-order valence-corrected chi connectivity index (χ4v) is 3.49. The second kappa shape index (κ2) is 10.7. The van der Waals surface area contributed by atoms with E-state index in [-0.39, 0.29) is 0 Å². The molecule has 1 amide bonds. The molecule has 0 aliphatic carbocycles. The van der Waals surface area contributed by atoms with Crippen molar-refractivity contribution >= 4 is 6.09 Å². The van der Waals surface area contributed by atoms with E-state index in [4.69, 9.17) is 5.21 Å². The molecule has 3 rings (SSSR count). The SMILES string of the molecule is Cc1cccnc1CN(Cc1ncccc1C)C1CCN(C(=O)O)CC1.NO. The molecule has 1 saturated heterocycles. The number of carboxylic acid groups (broad SMARTS) is 1. The van der Waals surface area contributed by atoms with Crippen LogP contribution in [0.2, 0.25) is 0 Å². The van der Waals surface area contributed by atoms with Crippen LogP contribution in [0.4, 0.5) is 4.79 Å². The second-order valence-electron chi connectivity index (χ2n) is 6.94. The van der Waals surface area contributed by atoms with Crippen LogP contribution in [-0.2, 0) is 13.1 Å². The van der Waals surface area contributed by atoms with Gasteiger partial charge in [0.05, 0.1) is 11.4 Å². The largest absolute Gasteiger partial charge is 0.465 e. The van der Waals surface area contributed by atoms with Crippen molar-refractivity contribution in [2.24, 2.45) is 5.90 Å². The zero-order valence-corrected chi connectivity index (χ0v) is 16.5. The van der Waals surface area contributed by atoms with Crippen LogP contribution in [0.3, 0.4) is 0 Å². The molecule has 0 unspecified atom stereocenters. The Hall–Kier alpha value is -2.55. The minimum atomic E-state index is -0.823. The van der Waals surface area contributed by atoms with Crippen molar-refractivity contribution in [3.8, 4) is 0 Å². The summed E-state index contributed by atoms with van der Waals surface area (Å²) < 4.78 is 0. The van der Waals surface area contributed by atoms with Crippen LogP contribution >= 0.6 is 0 Å². The highest BCUT2D eigenvalue weighted by Crippen LogP contribution is 2.22. The molecule has 2 aromatic heterocycles. The fourth-order valence-electron chi connectivity index (χ4n) is 3.49. The zero-order valence-electron chi connectivity index (χ0n) is 16.5. The Morgan fingerprint density at radius 3 is 1.93 bits per heavy atom. The Morgan fingerprint density at radius 1 is 1.07 bits per heavy atom. The predicted octanol–water partition coefficient (Wildman–Crippen LogP) is 2.57. The van der Waals surface area contributed by atoms with Gasteiger partial charge in [-0.05, 0) is 49.9 Å². The maximum absolute atomic E-state index is 11.2. The van der Waals surface area contributed by atoms with Crippen LogP contribution in [0.25, 0.3) is 0 Å². The third-order valence-corrected chi connectivity index (χ3v) is 5.19. The Balaban J connectivity index is 0.00000136. The van der Waals surface area contributed by atoms with Gasteiger partial charge in [-0.2, -0.15) is 0 Å². The van der Waals surface area contributed by atoms with Crippen molar-refractivity contribution in [3.05, 3.63) is 59.2 Å². The van der Waals surface area contributed by atoms with E-state index in [2.05, 4.69) is 46.7 Å². The van der Waals surface area contributed by atoms with Gasteiger partial charge in [0.1, 0.15) is 0 Å². The molecular formula is C20H29N5O3. The number of likely N-dealkylation sites (tertiary alicyclic amines) is 1. The molecule has 8 nitrogen and oxygen atoms in total. The molecule has 8 heteroatoms. The number of nitrogens with two attached hydrogens (primary N) is 1. The van der Waals surface area contributed by atoms with Crippen molar-refractivity contribution in [1.29, 1.82) is 0 Å². The molecule has 152 valence electrons. The Morgan fingerprint density at radius 2 is 1.54 bits per heavy atom. The lowest BCUT2D eigenvalue weighted by molar-refractivity contribution is 0.0857. The lowest BCUT2D eigenvalue weighted by Crippen LogP contribution is -2.46. The van der Waals surface area contributed by atoms with Crippen LogP contribution in [0, 0.1) is 13.8 Å². The Bertz CT molecular complexity index is 716. The maximum Gasteiger partial charge on any atom is 0.407 e. The first-order chi connectivity index (χ1) is 13.5. The third-order valence-electron chi connectivity index (χ3n) is 5.19. The van der Waals surface area contributed by atoms with E-state index in [1.165, 1.54) is 16.0 Å². The van der Waals surface area contributed by atoms with Crippen LogP contribution in [0.15, 0.2) is 36.7 Å². The highest BCUT2D eigenvalue weighted by molar-refractivity contribution is 5.65. The van der Waals surface area contributed by atoms with Crippen molar-refractivity contribution in [1.82, 2.24) is 19.8 Å². The number of hydrogen-bond acceptors (Lipinski definition) is 6. The molecule has 1 aliphatic rings. The fraction of sp³-hybridized carbons (Fsp3) is 0.450. The molecule has 0 spiro atoms. The van der Waals surface area contributed by atoms with Crippen molar-refractivity contribution in [2.45, 2.75) is 45.8 Å². The number of aryl methyl sites for hydroxylation is 2. The van der Waals surface area contributed by atoms with Crippen LogP contribution in [0.1, 0.15) is 35.4 Å². The minimum Gasteiger partial charge on any atom is -0.465 e. The number of amides is 1. The van der Waals surface area contributed by atoms with Crippen molar-refractivity contribution < 1.29 is 15.1 Å². The summed E-state index contributed by atoms with van der Waals surface area (Å²) in [4.78, 5) is 24.2. The first kappa shape index (κ1) is 21.7. The van der Waals surface area contributed by atoms with Gasteiger partial charge in [0.15, 0.2) is 0 Å². The maximum atomic E-state index is 11.2. The van der Waals surface area contributed by atoms with E-state index in [1.807, 2.05) is 24.5 Å². The van der Waals surface area contributed by atoms with Crippen LogP contribution in [-0.4, -0.2) is 55.3 Å². The number of carbonyl (C=O) groups is 1. The van der Waals surface area contributed by atoms with Crippen LogP contribution in [0.5, 0.6) is 0 Å². The van der Waals surface area contributed by atoms with Gasteiger partial charge in [-0.1, -0.05) is 12.1 Å². The number of nitrogens with zero attached hydrogens (tertiary/aromatic N) is 4. The van der Waals surface area contributed by atoms with Gasteiger partial charge in [-0.15, -0.1) is 0 Å². The van der Waals surface area contributed by atoms with E-state index < -0.39 is 6.09 Å². The average molecular weight is 387 g/mol. The van der Waals surface area contributed by atoms with Gasteiger partial charge in [0.2, 0.25) is 0 Å². The molecule has 0 saturated carbocycles. The smallest absolute Gasteiger partial charge is 0.407 e. The molecule has 1 aliphatic heterocycles. The van der Waals surface area contributed by atoms with E-state index in [9.17, 15) is 9.90 Å². The van der Waals surface area contributed by atoms with Crippen molar-refractivity contribution in [2.75, 3.05) is 13.1 Å². The number of rotatable bonds is 5. The molecule has 0 atom stereocenters. The number of pyridine rings is 2. The van der Waals surface area contributed by atoms with Gasteiger partial charge < -0.3 is 15.2 Å². The molecule has 1 fully saturated rings. The summed E-state index contributed by atoms with van der Waals surface area (Å²) in [6.07, 6.45) is 4.52. The quantitative estimate of drug-likeness (QED) is 0.675. The summed E-state index contributed by atoms with van der Waals surface area (Å²) in [6.45, 7) is 6.83. The lowest BCUT2D eigenvalue weighted by atomic mass is 10.0.